The molecule has 12 heavy (non-hydrogen) atoms. The number of hydrogen-bond acceptors (Lipinski definition) is 2. The first-order valence-electron chi connectivity index (χ1n) is 4.51. The second kappa shape index (κ2) is 1.87. The van der Waals surface area contributed by atoms with Crippen LogP contribution in [0, 0.1) is 23.7 Å². The Morgan fingerprint density at radius 2 is 1.50 bits per heavy atom. The van der Waals surface area contributed by atoms with Crippen molar-refractivity contribution in [1.82, 2.24) is 0 Å². The largest absolute Gasteiger partial charge is 0.299 e. The minimum absolute atomic E-state index is 0.196. The average molecular weight is 162 g/mol. The number of carbonyl (C=O) groups excluding carboxylic acids is 2. The van der Waals surface area contributed by atoms with E-state index < -0.39 is 0 Å². The number of rotatable bonds is 0. The van der Waals surface area contributed by atoms with Crippen LogP contribution in [0.1, 0.15) is 12.8 Å². The van der Waals surface area contributed by atoms with Gasteiger partial charge in [0.1, 0.15) is 11.6 Å². The lowest BCUT2D eigenvalue weighted by atomic mass is 9.91. The van der Waals surface area contributed by atoms with Gasteiger partial charge in [0.15, 0.2) is 0 Å². The summed E-state index contributed by atoms with van der Waals surface area (Å²) in [6.45, 7) is 0. The summed E-state index contributed by atoms with van der Waals surface area (Å²) in [5.74, 6) is 1.35. The van der Waals surface area contributed by atoms with Crippen molar-refractivity contribution < 1.29 is 9.59 Å². The number of allylic oxidation sites excluding steroid dienone is 2. The molecule has 0 aliphatic heterocycles. The molecule has 2 saturated carbocycles. The van der Waals surface area contributed by atoms with E-state index in [1.807, 2.05) is 0 Å². The van der Waals surface area contributed by atoms with Crippen LogP contribution in [0.3, 0.4) is 0 Å². The van der Waals surface area contributed by atoms with Gasteiger partial charge in [-0.25, -0.2) is 0 Å². The van der Waals surface area contributed by atoms with E-state index in [9.17, 15) is 9.59 Å². The molecular formula is C10H10O2. The van der Waals surface area contributed by atoms with Crippen LogP contribution in [0.2, 0.25) is 0 Å². The Morgan fingerprint density at radius 3 is 2.00 bits per heavy atom. The highest BCUT2D eigenvalue weighted by Crippen LogP contribution is 2.51. The van der Waals surface area contributed by atoms with Crippen LogP contribution in [0.4, 0.5) is 0 Å². The number of Topliss-reactive ketones (excluding diaryl/α,β-unsaturated/α-hetero) is 2. The summed E-state index contributed by atoms with van der Waals surface area (Å²) in [6.07, 6.45) is 5.52. The molecule has 3 aliphatic rings. The Balaban J connectivity index is 2.10. The van der Waals surface area contributed by atoms with Crippen molar-refractivity contribution in [2.45, 2.75) is 12.8 Å². The van der Waals surface area contributed by atoms with E-state index in [0.717, 1.165) is 0 Å². The summed E-state index contributed by atoms with van der Waals surface area (Å²) in [4.78, 5) is 22.8. The molecule has 0 radical (unpaired) electrons. The van der Waals surface area contributed by atoms with E-state index in [0.29, 0.717) is 30.6 Å². The molecule has 3 rings (SSSR count). The van der Waals surface area contributed by atoms with Gasteiger partial charge in [-0.3, -0.25) is 9.59 Å². The molecule has 62 valence electrons. The summed E-state index contributed by atoms with van der Waals surface area (Å²) in [5.41, 5.74) is 0. The van der Waals surface area contributed by atoms with Crippen molar-refractivity contribution in [3.8, 4) is 0 Å². The molecule has 0 spiro atoms. The molecule has 0 saturated heterocycles. The second-order valence-corrected chi connectivity index (χ2v) is 4.11. The maximum Gasteiger partial charge on any atom is 0.144 e. The molecule has 2 atom stereocenters. The highest BCUT2D eigenvalue weighted by atomic mass is 16.2. The second-order valence-electron chi connectivity index (χ2n) is 4.11. The van der Waals surface area contributed by atoms with Gasteiger partial charge in [0.05, 0.1) is 5.92 Å². The molecule has 0 heterocycles. The van der Waals surface area contributed by atoms with E-state index in [1.54, 1.807) is 0 Å². The van der Waals surface area contributed by atoms with Gasteiger partial charge < -0.3 is 0 Å². The van der Waals surface area contributed by atoms with Gasteiger partial charge in [-0.1, -0.05) is 12.2 Å². The third-order valence-corrected chi connectivity index (χ3v) is 3.55. The molecule has 3 aliphatic carbocycles. The quantitative estimate of drug-likeness (QED) is 0.393. The lowest BCUT2D eigenvalue weighted by Gasteiger charge is -2.10. The molecule has 0 bridgehead atoms. The van der Waals surface area contributed by atoms with Crippen LogP contribution in [0.15, 0.2) is 12.2 Å². The molecule has 0 N–H and O–H groups in total. The number of carbonyl (C=O) groups is 2. The van der Waals surface area contributed by atoms with Gasteiger partial charge in [0.25, 0.3) is 0 Å². The van der Waals surface area contributed by atoms with Crippen molar-refractivity contribution in [3.63, 3.8) is 0 Å². The summed E-state index contributed by atoms with van der Waals surface area (Å²) < 4.78 is 0. The standard InChI is InChI=1S/C10H10O2/c11-7-3-5-1-2-6-4-8(12)10(7)9(5)6/h1-2,5-6,9-10H,3-4H2. The molecule has 2 unspecified atom stereocenters. The highest BCUT2D eigenvalue weighted by Gasteiger charge is 2.55. The van der Waals surface area contributed by atoms with Gasteiger partial charge in [0.2, 0.25) is 0 Å². The van der Waals surface area contributed by atoms with E-state index >= 15 is 0 Å². The molecule has 0 aromatic rings. The lowest BCUT2D eigenvalue weighted by Crippen LogP contribution is -2.17. The fourth-order valence-electron chi connectivity index (χ4n) is 3.09. The van der Waals surface area contributed by atoms with Gasteiger partial charge in [-0.15, -0.1) is 0 Å². The SMILES string of the molecule is O=C1CC2C=CC3CC(=O)C1C23. The highest BCUT2D eigenvalue weighted by molar-refractivity contribution is 6.06. The van der Waals surface area contributed by atoms with E-state index in [-0.39, 0.29) is 17.5 Å². The van der Waals surface area contributed by atoms with Crippen LogP contribution >= 0.6 is 0 Å². The summed E-state index contributed by atoms with van der Waals surface area (Å²) in [5, 5.41) is 0. The third-order valence-electron chi connectivity index (χ3n) is 3.55. The molecule has 0 aromatic carbocycles. The zero-order valence-corrected chi connectivity index (χ0v) is 6.69. The van der Waals surface area contributed by atoms with Crippen molar-refractivity contribution in [2.75, 3.05) is 0 Å². The first-order valence-corrected chi connectivity index (χ1v) is 4.51. The fraction of sp³-hybridized carbons (Fsp3) is 0.600. The van der Waals surface area contributed by atoms with Crippen LogP contribution in [0.5, 0.6) is 0 Å². The van der Waals surface area contributed by atoms with Crippen molar-refractivity contribution in [2.24, 2.45) is 23.7 Å². The number of ketones is 2. The summed E-state index contributed by atoms with van der Waals surface area (Å²) >= 11 is 0. The van der Waals surface area contributed by atoms with E-state index in [2.05, 4.69) is 12.2 Å². The maximum absolute atomic E-state index is 11.4. The number of hydrogen-bond donors (Lipinski definition) is 0. The van der Waals surface area contributed by atoms with Crippen LogP contribution in [-0.2, 0) is 9.59 Å². The average Bonchev–Trinajstić information content (AvgIpc) is 2.57. The molecule has 2 heteroatoms. The van der Waals surface area contributed by atoms with Crippen molar-refractivity contribution >= 4 is 11.6 Å². The predicted octanol–water partition coefficient (Wildman–Crippen LogP) is 0.967. The minimum Gasteiger partial charge on any atom is -0.299 e. The van der Waals surface area contributed by atoms with Gasteiger partial charge in [-0.2, -0.15) is 0 Å². The monoisotopic (exact) mass is 162 g/mol. The Morgan fingerprint density at radius 1 is 1.00 bits per heavy atom. The predicted molar refractivity (Wildman–Crippen MR) is 42.3 cm³/mol. The van der Waals surface area contributed by atoms with Gasteiger partial charge in [-0.05, 0) is 17.8 Å². The fourth-order valence-corrected chi connectivity index (χ4v) is 3.09. The molecule has 0 amide bonds. The third kappa shape index (κ3) is 0.576. The molecule has 0 aromatic heterocycles. The smallest absolute Gasteiger partial charge is 0.144 e. The van der Waals surface area contributed by atoms with Crippen LogP contribution < -0.4 is 0 Å². The lowest BCUT2D eigenvalue weighted by molar-refractivity contribution is -0.129. The van der Waals surface area contributed by atoms with Crippen LogP contribution in [0.25, 0.3) is 0 Å². The summed E-state index contributed by atoms with van der Waals surface area (Å²) in [6, 6.07) is 0. The minimum atomic E-state index is -0.213. The van der Waals surface area contributed by atoms with Gasteiger partial charge >= 0.3 is 0 Å². The Hall–Kier alpha value is -0.920. The first kappa shape index (κ1) is 6.58. The van der Waals surface area contributed by atoms with Crippen molar-refractivity contribution in [1.29, 1.82) is 0 Å². The van der Waals surface area contributed by atoms with Crippen LogP contribution in [-0.4, -0.2) is 11.6 Å². The molecule has 2 nitrogen and oxygen atoms in total. The Kier molecular flexibility index (Phi) is 1.03. The van der Waals surface area contributed by atoms with Crippen molar-refractivity contribution in [3.05, 3.63) is 12.2 Å². The Labute approximate surface area is 70.6 Å². The zero-order chi connectivity index (χ0) is 8.29. The van der Waals surface area contributed by atoms with Gasteiger partial charge in [0, 0.05) is 12.8 Å². The normalized spacial score (nSPS) is 49.0. The summed E-state index contributed by atoms with van der Waals surface area (Å²) in [7, 11) is 0. The molecular weight excluding hydrogens is 152 g/mol. The van der Waals surface area contributed by atoms with E-state index in [4.69, 9.17) is 0 Å². The van der Waals surface area contributed by atoms with E-state index in [1.165, 1.54) is 0 Å². The zero-order valence-electron chi connectivity index (χ0n) is 6.69. The topological polar surface area (TPSA) is 34.1 Å². The molecule has 2 fully saturated rings. The Bertz CT molecular complexity index is 275. The first-order chi connectivity index (χ1) is 5.77. The maximum atomic E-state index is 11.4.